The Morgan fingerprint density at radius 2 is 1.81 bits per heavy atom. The first-order chi connectivity index (χ1) is 14.8. The normalized spacial score (nSPS) is 11.3. The van der Waals surface area contributed by atoms with Crippen LogP contribution < -0.4 is 20.1 Å². The summed E-state index contributed by atoms with van der Waals surface area (Å²) >= 11 is 0. The first-order valence-electron chi connectivity index (χ1n) is 9.90. The summed E-state index contributed by atoms with van der Waals surface area (Å²) in [7, 11) is 5.36. The molecule has 2 N–H and O–H groups in total. The second-order valence-corrected chi connectivity index (χ2v) is 7.00. The molecule has 0 heterocycles. The Bertz CT molecular complexity index is 882. The first kappa shape index (κ1) is 27.8. The highest BCUT2D eigenvalue weighted by molar-refractivity contribution is 14.0. The van der Waals surface area contributed by atoms with Crippen LogP contribution in [0.5, 0.6) is 11.5 Å². The smallest absolute Gasteiger partial charge is 0.387 e. The van der Waals surface area contributed by atoms with Crippen molar-refractivity contribution in [3.05, 3.63) is 58.9 Å². The van der Waals surface area contributed by atoms with E-state index in [0.29, 0.717) is 36.8 Å². The number of benzene rings is 2. The third kappa shape index (κ3) is 8.73. The lowest BCUT2D eigenvalue weighted by Crippen LogP contribution is -2.36. The Labute approximate surface area is 204 Å². The van der Waals surface area contributed by atoms with Crippen molar-refractivity contribution in [1.29, 1.82) is 0 Å². The van der Waals surface area contributed by atoms with E-state index in [2.05, 4.69) is 20.4 Å². The van der Waals surface area contributed by atoms with E-state index in [-0.39, 0.29) is 47.8 Å². The van der Waals surface area contributed by atoms with Crippen LogP contribution in [0.3, 0.4) is 0 Å². The zero-order chi connectivity index (χ0) is 22.8. The predicted octanol–water partition coefficient (Wildman–Crippen LogP) is 4.37. The summed E-state index contributed by atoms with van der Waals surface area (Å²) in [6, 6.07) is 9.91. The molecule has 0 aliphatic heterocycles. The van der Waals surface area contributed by atoms with Gasteiger partial charge in [0, 0.05) is 37.8 Å². The maximum absolute atomic E-state index is 14.0. The summed E-state index contributed by atoms with van der Waals surface area (Å²) < 4.78 is 49.8. The quantitative estimate of drug-likeness (QED) is 0.254. The van der Waals surface area contributed by atoms with Crippen molar-refractivity contribution in [3.8, 4) is 11.5 Å². The predicted molar refractivity (Wildman–Crippen MR) is 130 cm³/mol. The van der Waals surface area contributed by atoms with Gasteiger partial charge in [-0.15, -0.1) is 24.0 Å². The van der Waals surface area contributed by atoms with Crippen molar-refractivity contribution in [1.82, 2.24) is 15.5 Å². The Morgan fingerprint density at radius 3 is 2.44 bits per heavy atom. The van der Waals surface area contributed by atoms with Crippen molar-refractivity contribution in [3.63, 3.8) is 0 Å². The van der Waals surface area contributed by atoms with Gasteiger partial charge in [0.25, 0.3) is 0 Å². The van der Waals surface area contributed by atoms with Crippen LogP contribution in [0.25, 0.3) is 0 Å². The summed E-state index contributed by atoms with van der Waals surface area (Å²) in [5.41, 5.74) is 2.00. The van der Waals surface area contributed by atoms with Gasteiger partial charge >= 0.3 is 6.61 Å². The lowest BCUT2D eigenvalue weighted by Gasteiger charge is -2.17. The van der Waals surface area contributed by atoms with E-state index in [1.54, 1.807) is 44.3 Å². The molecule has 2 rings (SSSR count). The summed E-state index contributed by atoms with van der Waals surface area (Å²) in [6.45, 7) is 0.232. The molecule has 0 saturated heterocycles. The largest absolute Gasteiger partial charge is 0.490 e. The molecule has 0 atom stereocenters. The number of alkyl halides is 2. The van der Waals surface area contributed by atoms with Crippen molar-refractivity contribution < 1.29 is 22.6 Å². The van der Waals surface area contributed by atoms with Crippen molar-refractivity contribution >= 4 is 29.9 Å². The molecule has 0 radical (unpaired) electrons. The fraction of sp³-hybridized carbons (Fsp3) is 0.409. The molecule has 178 valence electrons. The minimum absolute atomic E-state index is 0. The number of hydrogen-bond acceptors (Lipinski definition) is 4. The van der Waals surface area contributed by atoms with E-state index in [1.807, 2.05) is 19.0 Å². The fourth-order valence-corrected chi connectivity index (χ4v) is 2.98. The molecular weight excluding hydrogens is 536 g/mol. The fourth-order valence-electron chi connectivity index (χ4n) is 2.98. The van der Waals surface area contributed by atoms with E-state index in [9.17, 15) is 13.2 Å². The highest BCUT2D eigenvalue weighted by Gasteiger charge is 2.16. The SMILES string of the molecule is CCOc1cccc(CNC(=NC)NCc2ccc(F)c(CN(C)C)c2)c1OC(F)F.I. The summed E-state index contributed by atoms with van der Waals surface area (Å²) in [6.07, 6.45) is 0. The number of nitrogens with zero attached hydrogens (tertiary/aromatic N) is 2. The topological polar surface area (TPSA) is 58.1 Å². The minimum atomic E-state index is -2.97. The highest BCUT2D eigenvalue weighted by atomic mass is 127. The minimum Gasteiger partial charge on any atom is -0.490 e. The number of guanidine groups is 1. The molecule has 0 unspecified atom stereocenters. The van der Waals surface area contributed by atoms with E-state index in [4.69, 9.17) is 4.74 Å². The van der Waals surface area contributed by atoms with Crippen LogP contribution in [0.15, 0.2) is 41.4 Å². The van der Waals surface area contributed by atoms with E-state index < -0.39 is 6.61 Å². The number of nitrogens with one attached hydrogen (secondary N) is 2. The zero-order valence-corrected chi connectivity index (χ0v) is 21.0. The molecule has 0 fully saturated rings. The second kappa shape index (κ2) is 14.0. The number of halogens is 4. The first-order valence-corrected chi connectivity index (χ1v) is 9.90. The van der Waals surface area contributed by atoms with Crippen LogP contribution in [0.2, 0.25) is 0 Å². The summed E-state index contributed by atoms with van der Waals surface area (Å²) in [5.74, 6) is 0.461. The van der Waals surface area contributed by atoms with Crippen LogP contribution >= 0.6 is 24.0 Å². The molecular formula is C22H30F3IN4O2. The maximum Gasteiger partial charge on any atom is 0.387 e. The molecule has 2 aromatic rings. The van der Waals surface area contributed by atoms with Gasteiger partial charge in [0.15, 0.2) is 17.5 Å². The lowest BCUT2D eigenvalue weighted by molar-refractivity contribution is -0.0520. The molecule has 0 bridgehead atoms. The van der Waals surface area contributed by atoms with E-state index in [0.717, 1.165) is 5.56 Å². The molecule has 0 aliphatic carbocycles. The van der Waals surface area contributed by atoms with Crippen molar-refractivity contribution in [2.24, 2.45) is 4.99 Å². The Morgan fingerprint density at radius 1 is 1.09 bits per heavy atom. The number of aliphatic imine (C=N–C) groups is 1. The zero-order valence-electron chi connectivity index (χ0n) is 18.6. The van der Waals surface area contributed by atoms with Crippen LogP contribution in [-0.4, -0.2) is 45.2 Å². The van der Waals surface area contributed by atoms with Gasteiger partial charge in [-0.1, -0.05) is 18.2 Å². The molecule has 0 saturated carbocycles. The van der Waals surface area contributed by atoms with E-state index >= 15 is 0 Å². The van der Waals surface area contributed by atoms with E-state index in [1.165, 1.54) is 6.07 Å². The van der Waals surface area contributed by atoms with Gasteiger partial charge in [-0.3, -0.25) is 4.99 Å². The number of para-hydroxylation sites is 1. The molecule has 2 aromatic carbocycles. The van der Waals surface area contributed by atoms with Gasteiger partial charge in [0.2, 0.25) is 0 Å². The molecule has 6 nitrogen and oxygen atoms in total. The molecule has 32 heavy (non-hydrogen) atoms. The Kier molecular flexibility index (Phi) is 12.2. The summed E-state index contributed by atoms with van der Waals surface area (Å²) in [4.78, 5) is 6.04. The third-order valence-electron chi connectivity index (χ3n) is 4.29. The van der Waals surface area contributed by atoms with Gasteiger partial charge in [0.05, 0.1) is 6.61 Å². The van der Waals surface area contributed by atoms with Crippen molar-refractivity contribution in [2.45, 2.75) is 33.2 Å². The Hall–Kier alpha value is -2.21. The summed E-state index contributed by atoms with van der Waals surface area (Å²) in [5, 5.41) is 6.21. The molecule has 0 aromatic heterocycles. The van der Waals surface area contributed by atoms with Crippen LogP contribution in [-0.2, 0) is 19.6 Å². The van der Waals surface area contributed by atoms with Crippen LogP contribution in [0.4, 0.5) is 13.2 Å². The number of rotatable bonds is 10. The maximum atomic E-state index is 14.0. The number of ether oxygens (including phenoxy) is 2. The van der Waals surface area contributed by atoms with Gasteiger partial charge in [-0.25, -0.2) is 4.39 Å². The molecule has 10 heteroatoms. The van der Waals surface area contributed by atoms with Gasteiger partial charge < -0.3 is 25.0 Å². The van der Waals surface area contributed by atoms with Crippen LogP contribution in [0, 0.1) is 5.82 Å². The van der Waals surface area contributed by atoms with Gasteiger partial charge in [-0.2, -0.15) is 8.78 Å². The molecule has 0 spiro atoms. The third-order valence-corrected chi connectivity index (χ3v) is 4.29. The molecule has 0 amide bonds. The van der Waals surface area contributed by atoms with Gasteiger partial charge in [0.1, 0.15) is 5.82 Å². The monoisotopic (exact) mass is 566 g/mol. The number of hydrogen-bond donors (Lipinski definition) is 2. The average molecular weight is 566 g/mol. The second-order valence-electron chi connectivity index (χ2n) is 7.00. The average Bonchev–Trinajstić information content (AvgIpc) is 2.71. The lowest BCUT2D eigenvalue weighted by atomic mass is 10.1. The molecule has 0 aliphatic rings. The van der Waals surface area contributed by atoms with Crippen molar-refractivity contribution in [2.75, 3.05) is 27.7 Å². The van der Waals surface area contributed by atoms with Gasteiger partial charge in [-0.05, 0) is 44.8 Å². The standard InChI is InChI=1S/C22H29F3N4O2.HI/c1-5-30-19-8-6-7-16(20(19)31-21(24)25)13-28-22(26-2)27-12-15-9-10-18(23)17(11-15)14-29(3)4;/h6-11,21H,5,12-14H2,1-4H3,(H2,26,27,28);1H. The highest BCUT2D eigenvalue weighted by Crippen LogP contribution is 2.32. The Balaban J connectivity index is 0.00000512. The van der Waals surface area contributed by atoms with Crippen LogP contribution in [0.1, 0.15) is 23.6 Å².